The molecular weight excluding hydrogens is 189 g/mol. The number of fused-ring (bicyclic) bond motifs is 1. The fourth-order valence-electron chi connectivity index (χ4n) is 1.72. The van der Waals surface area contributed by atoms with Crippen LogP contribution in [0.2, 0.25) is 0 Å². The first kappa shape index (κ1) is 9.31. The largest absolute Gasteiger partial charge is 0.416 e. The number of halogens is 3. The molecule has 0 radical (unpaired) electrons. The highest BCUT2D eigenvalue weighted by molar-refractivity contribution is 5.71. The number of alkyl halides is 3. The Hall–Kier alpha value is -1.25. The molecule has 74 valence electrons. The van der Waals surface area contributed by atoms with Crippen molar-refractivity contribution < 1.29 is 13.2 Å². The molecule has 3 heteroatoms. The lowest BCUT2D eigenvalue weighted by molar-refractivity contribution is -0.137. The third-order valence-corrected chi connectivity index (χ3v) is 2.51. The molecule has 0 aromatic heterocycles. The molecule has 0 N–H and O–H groups in total. The van der Waals surface area contributed by atoms with E-state index in [0.717, 1.165) is 30.0 Å². The summed E-state index contributed by atoms with van der Waals surface area (Å²) in [6.45, 7) is 3.75. The van der Waals surface area contributed by atoms with Crippen LogP contribution < -0.4 is 0 Å². The van der Waals surface area contributed by atoms with Crippen molar-refractivity contribution in [3.8, 4) is 0 Å². The monoisotopic (exact) mass is 198 g/mol. The first-order valence-corrected chi connectivity index (χ1v) is 4.37. The lowest BCUT2D eigenvalue weighted by Gasteiger charge is -2.08. The third-order valence-electron chi connectivity index (χ3n) is 2.51. The summed E-state index contributed by atoms with van der Waals surface area (Å²) in [4.78, 5) is 0. The van der Waals surface area contributed by atoms with Crippen molar-refractivity contribution in [2.24, 2.45) is 0 Å². The van der Waals surface area contributed by atoms with Gasteiger partial charge in [-0.3, -0.25) is 0 Å². The van der Waals surface area contributed by atoms with E-state index in [9.17, 15) is 13.2 Å². The van der Waals surface area contributed by atoms with Crippen molar-refractivity contribution in [2.75, 3.05) is 0 Å². The zero-order valence-corrected chi connectivity index (χ0v) is 7.49. The highest BCUT2D eigenvalue weighted by atomic mass is 19.4. The maximum absolute atomic E-state index is 12.4. The average molecular weight is 198 g/mol. The fraction of sp³-hybridized carbons (Fsp3) is 0.273. The van der Waals surface area contributed by atoms with Gasteiger partial charge in [-0.05, 0) is 41.7 Å². The predicted molar refractivity (Wildman–Crippen MR) is 48.8 cm³/mol. The maximum atomic E-state index is 12.4. The molecule has 0 bridgehead atoms. The Morgan fingerprint density at radius 1 is 1.14 bits per heavy atom. The van der Waals surface area contributed by atoms with E-state index in [-0.39, 0.29) is 0 Å². The Balaban J connectivity index is 2.50. The van der Waals surface area contributed by atoms with Gasteiger partial charge >= 0.3 is 6.18 Å². The van der Waals surface area contributed by atoms with Crippen molar-refractivity contribution in [1.29, 1.82) is 0 Å². The molecule has 0 nitrogen and oxygen atoms in total. The van der Waals surface area contributed by atoms with Crippen LogP contribution in [0, 0.1) is 0 Å². The Morgan fingerprint density at radius 2 is 1.86 bits per heavy atom. The van der Waals surface area contributed by atoms with E-state index in [1.165, 1.54) is 6.07 Å². The molecule has 1 aliphatic rings. The predicted octanol–water partition coefficient (Wildman–Crippen LogP) is 3.66. The highest BCUT2D eigenvalue weighted by Gasteiger charge is 2.31. The summed E-state index contributed by atoms with van der Waals surface area (Å²) in [5.41, 5.74) is 1.88. The van der Waals surface area contributed by atoms with Crippen LogP contribution in [0.15, 0.2) is 24.8 Å². The number of allylic oxidation sites excluding steroid dienone is 1. The fourth-order valence-corrected chi connectivity index (χ4v) is 1.72. The second kappa shape index (κ2) is 2.87. The van der Waals surface area contributed by atoms with Crippen LogP contribution in [0.5, 0.6) is 0 Å². The van der Waals surface area contributed by atoms with Crippen LogP contribution >= 0.6 is 0 Å². The molecule has 0 spiro atoms. The van der Waals surface area contributed by atoms with Gasteiger partial charge in [0.25, 0.3) is 0 Å². The summed E-state index contributed by atoms with van der Waals surface area (Å²) in [5.74, 6) is 0. The minimum Gasteiger partial charge on any atom is -0.166 e. The standard InChI is InChI=1S/C11H9F3/c1-7-2-3-8-4-5-9(6-10(7)8)11(12,13)14/h4-6H,1-3H2. The zero-order chi connectivity index (χ0) is 10.3. The van der Waals surface area contributed by atoms with Crippen molar-refractivity contribution >= 4 is 5.57 Å². The molecule has 0 amide bonds. The Kier molecular flexibility index (Phi) is 1.91. The minimum absolute atomic E-state index is 0.584. The molecule has 0 aliphatic heterocycles. The van der Waals surface area contributed by atoms with Crippen LogP contribution in [0.3, 0.4) is 0 Å². The number of rotatable bonds is 0. The summed E-state index contributed by atoms with van der Waals surface area (Å²) in [6.07, 6.45) is -2.67. The molecule has 1 aromatic rings. The van der Waals surface area contributed by atoms with Crippen LogP contribution in [0.25, 0.3) is 5.57 Å². The second-order valence-electron chi connectivity index (χ2n) is 3.47. The summed E-state index contributed by atoms with van der Waals surface area (Å²) in [6, 6.07) is 3.89. The van der Waals surface area contributed by atoms with Gasteiger partial charge < -0.3 is 0 Å². The van der Waals surface area contributed by atoms with Gasteiger partial charge in [0.2, 0.25) is 0 Å². The second-order valence-corrected chi connectivity index (χ2v) is 3.47. The van der Waals surface area contributed by atoms with Gasteiger partial charge in [-0.2, -0.15) is 13.2 Å². The van der Waals surface area contributed by atoms with Crippen molar-refractivity contribution in [3.05, 3.63) is 41.5 Å². The van der Waals surface area contributed by atoms with Gasteiger partial charge in [0.15, 0.2) is 0 Å². The van der Waals surface area contributed by atoms with Crippen LogP contribution in [0.4, 0.5) is 13.2 Å². The van der Waals surface area contributed by atoms with Crippen molar-refractivity contribution in [2.45, 2.75) is 19.0 Å². The summed E-state index contributed by atoms with van der Waals surface area (Å²) >= 11 is 0. The Morgan fingerprint density at radius 3 is 2.50 bits per heavy atom. The molecule has 1 aromatic carbocycles. The van der Waals surface area contributed by atoms with Gasteiger partial charge in [0, 0.05) is 0 Å². The molecular formula is C11H9F3. The maximum Gasteiger partial charge on any atom is 0.416 e. The van der Waals surface area contributed by atoms with Crippen molar-refractivity contribution in [1.82, 2.24) is 0 Å². The molecule has 0 heterocycles. The van der Waals surface area contributed by atoms with Crippen molar-refractivity contribution in [3.63, 3.8) is 0 Å². The molecule has 0 saturated carbocycles. The smallest absolute Gasteiger partial charge is 0.166 e. The summed E-state index contributed by atoms with van der Waals surface area (Å²) in [7, 11) is 0. The lowest BCUT2D eigenvalue weighted by Crippen LogP contribution is -2.05. The van der Waals surface area contributed by atoms with E-state index < -0.39 is 11.7 Å². The highest BCUT2D eigenvalue weighted by Crippen LogP contribution is 2.36. The molecule has 1 aliphatic carbocycles. The van der Waals surface area contributed by atoms with E-state index >= 15 is 0 Å². The topological polar surface area (TPSA) is 0 Å². The minimum atomic E-state index is -4.25. The van der Waals surface area contributed by atoms with Crippen LogP contribution in [-0.2, 0) is 12.6 Å². The summed E-state index contributed by atoms with van der Waals surface area (Å²) < 4.78 is 37.1. The van der Waals surface area contributed by atoms with E-state index in [0.29, 0.717) is 5.56 Å². The van der Waals surface area contributed by atoms with Gasteiger partial charge in [0.1, 0.15) is 0 Å². The first-order valence-electron chi connectivity index (χ1n) is 4.37. The van der Waals surface area contributed by atoms with E-state index in [4.69, 9.17) is 0 Å². The Bertz CT molecular complexity index is 388. The third kappa shape index (κ3) is 1.43. The van der Waals surface area contributed by atoms with Gasteiger partial charge in [-0.1, -0.05) is 12.6 Å². The van der Waals surface area contributed by atoms with Crippen LogP contribution in [0.1, 0.15) is 23.1 Å². The lowest BCUT2D eigenvalue weighted by atomic mass is 10.0. The number of hydrogen-bond acceptors (Lipinski definition) is 0. The van der Waals surface area contributed by atoms with E-state index in [2.05, 4.69) is 6.58 Å². The number of benzene rings is 1. The zero-order valence-electron chi connectivity index (χ0n) is 7.49. The van der Waals surface area contributed by atoms with Gasteiger partial charge in [-0.25, -0.2) is 0 Å². The molecule has 0 fully saturated rings. The van der Waals surface area contributed by atoms with Crippen LogP contribution in [-0.4, -0.2) is 0 Å². The molecule has 14 heavy (non-hydrogen) atoms. The molecule has 0 saturated heterocycles. The quantitative estimate of drug-likeness (QED) is 0.596. The molecule has 0 atom stereocenters. The van der Waals surface area contributed by atoms with E-state index in [1.807, 2.05) is 0 Å². The normalized spacial score (nSPS) is 15.8. The van der Waals surface area contributed by atoms with Gasteiger partial charge in [-0.15, -0.1) is 0 Å². The number of aryl methyl sites for hydroxylation is 1. The Labute approximate surface area is 80.1 Å². The SMILES string of the molecule is C=C1CCc2ccc(C(F)(F)F)cc21. The molecule has 0 unspecified atom stereocenters. The first-order chi connectivity index (χ1) is 6.48. The van der Waals surface area contributed by atoms with Gasteiger partial charge in [0.05, 0.1) is 5.56 Å². The van der Waals surface area contributed by atoms with E-state index in [1.54, 1.807) is 6.07 Å². The number of hydrogen-bond donors (Lipinski definition) is 0. The summed E-state index contributed by atoms with van der Waals surface area (Å²) in [5, 5.41) is 0. The average Bonchev–Trinajstić information content (AvgIpc) is 2.46. The molecule has 2 rings (SSSR count).